The van der Waals surface area contributed by atoms with Crippen LogP contribution in [0.2, 0.25) is 0 Å². The van der Waals surface area contributed by atoms with Gasteiger partial charge in [-0.05, 0) is 43.0 Å². The van der Waals surface area contributed by atoms with Crippen LogP contribution in [0.4, 0.5) is 4.39 Å². The number of morpholine rings is 1. The van der Waals surface area contributed by atoms with Crippen LogP contribution >= 0.6 is 12.6 Å². The number of hydrogen-bond donors (Lipinski definition) is 7. The zero-order valence-corrected chi connectivity index (χ0v) is 27.9. The number of nitrogens with zero attached hydrogens (tertiary/aromatic N) is 2. The van der Waals surface area contributed by atoms with Crippen molar-refractivity contribution in [2.75, 3.05) is 39.1 Å². The van der Waals surface area contributed by atoms with E-state index in [1.807, 2.05) is 27.7 Å². The molecule has 258 valence electrons. The number of hydrogen-bond acceptors (Lipinski definition) is 12. The van der Waals surface area contributed by atoms with Gasteiger partial charge in [0.2, 0.25) is 0 Å². The molecule has 1 unspecified atom stereocenters. The molecule has 3 heterocycles. The Balaban J connectivity index is 0.00000166. The quantitative estimate of drug-likeness (QED) is 0.128. The van der Waals surface area contributed by atoms with E-state index in [9.17, 15) is 44.3 Å². The molecule has 0 aliphatic carbocycles. The second-order valence-electron chi connectivity index (χ2n) is 9.63. The van der Waals surface area contributed by atoms with Gasteiger partial charge in [-0.3, -0.25) is 29.5 Å². The van der Waals surface area contributed by atoms with Gasteiger partial charge >= 0.3 is 5.79 Å². The lowest BCUT2D eigenvalue weighted by atomic mass is 9.86. The van der Waals surface area contributed by atoms with Crippen LogP contribution in [0, 0.1) is 5.82 Å². The fourth-order valence-corrected chi connectivity index (χ4v) is 4.45. The van der Waals surface area contributed by atoms with Crippen LogP contribution in [-0.4, -0.2) is 109 Å². The molecule has 2 fully saturated rings. The van der Waals surface area contributed by atoms with Gasteiger partial charge in [0.1, 0.15) is 18.2 Å². The van der Waals surface area contributed by atoms with Crippen molar-refractivity contribution in [2.24, 2.45) is 0 Å². The van der Waals surface area contributed by atoms with Crippen molar-refractivity contribution in [1.29, 1.82) is 0 Å². The van der Waals surface area contributed by atoms with Crippen molar-refractivity contribution in [3.8, 4) is 0 Å². The molecule has 2 saturated heterocycles. The van der Waals surface area contributed by atoms with Crippen LogP contribution in [0.25, 0.3) is 0 Å². The molecular formula is C31H46FN3O10S. The number of piperidine rings is 1. The smallest absolute Gasteiger partial charge is 0.306 e. The van der Waals surface area contributed by atoms with Gasteiger partial charge in [-0.1, -0.05) is 45.9 Å². The summed E-state index contributed by atoms with van der Waals surface area (Å²) in [6.07, 6.45) is 6.94. The monoisotopic (exact) mass is 671 g/mol. The molecule has 1 aromatic rings. The van der Waals surface area contributed by atoms with E-state index >= 15 is 0 Å². The minimum atomic E-state index is -4.24. The Labute approximate surface area is 274 Å². The predicted octanol–water partition coefficient (Wildman–Crippen LogP) is 0.708. The standard InChI is InChI=1S/C26H30FN3O10.2C2H6.CH4S/c1-16-3-2-4-19(40-15-18-13-17(5-6-20(18)27)14-29-9-11-39-12-10-29)7-8-30(21(16)31)24(34)22(32)28-23(33)25(35,36)26(24,37)38;3*1-2/h2-7,13,34-38H,8-12,14-15H2,1H3,(H,28,32,33);2*1-2H3;2H,1H3/b4-2-,16-3+,19-7-;;;. The summed E-state index contributed by atoms with van der Waals surface area (Å²) in [4.78, 5) is 39.9. The topological polar surface area (TPSA) is 189 Å². The third kappa shape index (κ3) is 8.80. The van der Waals surface area contributed by atoms with Crippen molar-refractivity contribution in [3.63, 3.8) is 0 Å². The minimum absolute atomic E-state index is 0.0402. The molecule has 0 saturated carbocycles. The van der Waals surface area contributed by atoms with Gasteiger partial charge < -0.3 is 35.0 Å². The first-order valence-corrected chi connectivity index (χ1v) is 15.7. The van der Waals surface area contributed by atoms with E-state index in [4.69, 9.17) is 9.47 Å². The average Bonchev–Trinajstić information content (AvgIpc) is 3.12. The molecule has 46 heavy (non-hydrogen) atoms. The van der Waals surface area contributed by atoms with Gasteiger partial charge in [-0.15, -0.1) is 0 Å². The van der Waals surface area contributed by atoms with Crippen LogP contribution in [0.3, 0.4) is 0 Å². The van der Waals surface area contributed by atoms with Gasteiger partial charge in [0.05, 0.1) is 13.2 Å². The summed E-state index contributed by atoms with van der Waals surface area (Å²) in [5.74, 6) is -13.6. The Bertz CT molecular complexity index is 1300. The number of amides is 3. The lowest BCUT2D eigenvalue weighted by Crippen LogP contribution is -2.86. The second-order valence-corrected chi connectivity index (χ2v) is 9.63. The SMILES string of the molecule is CC.CC.CS.C\C1=C/C=C\C(OCc2cc(CN3CCOCC3)ccc2F)=C\CN(C2(O)C(=O)NC(=O)C(O)(O)C2(O)O)C1=O. The van der Waals surface area contributed by atoms with Crippen LogP contribution in [-0.2, 0) is 37.0 Å². The lowest BCUT2D eigenvalue weighted by Gasteiger charge is -2.50. The number of rotatable bonds is 6. The van der Waals surface area contributed by atoms with E-state index in [0.717, 1.165) is 18.7 Å². The van der Waals surface area contributed by atoms with E-state index in [-0.39, 0.29) is 28.4 Å². The molecule has 3 aliphatic rings. The summed E-state index contributed by atoms with van der Waals surface area (Å²) in [6.45, 7) is 11.6. The van der Waals surface area contributed by atoms with Crippen LogP contribution in [0.15, 0.2) is 53.8 Å². The molecule has 3 amide bonds. The Morgan fingerprint density at radius 2 is 1.61 bits per heavy atom. The van der Waals surface area contributed by atoms with Crippen LogP contribution in [0.1, 0.15) is 45.7 Å². The third-order valence-corrected chi connectivity index (χ3v) is 6.90. The highest BCUT2D eigenvalue weighted by Gasteiger charge is 2.75. The number of thiol groups is 1. The molecule has 3 aliphatic heterocycles. The predicted molar refractivity (Wildman–Crippen MR) is 170 cm³/mol. The van der Waals surface area contributed by atoms with Gasteiger partial charge in [0, 0.05) is 37.3 Å². The zero-order chi connectivity index (χ0) is 35.3. The van der Waals surface area contributed by atoms with Gasteiger partial charge in [-0.25, -0.2) is 4.39 Å². The van der Waals surface area contributed by atoms with Crippen LogP contribution < -0.4 is 5.32 Å². The maximum Gasteiger partial charge on any atom is 0.306 e. The number of ether oxygens (including phenoxy) is 2. The number of benzene rings is 1. The van der Waals surface area contributed by atoms with E-state index in [1.165, 1.54) is 42.6 Å². The van der Waals surface area contributed by atoms with Crippen molar-refractivity contribution >= 4 is 30.4 Å². The van der Waals surface area contributed by atoms with E-state index in [1.54, 1.807) is 18.4 Å². The minimum Gasteiger partial charge on any atom is -0.489 e. The Morgan fingerprint density at radius 3 is 2.22 bits per heavy atom. The normalized spacial score (nSPS) is 25.4. The van der Waals surface area contributed by atoms with Gasteiger partial charge in [0.15, 0.2) is 0 Å². The molecule has 1 aromatic carbocycles. The van der Waals surface area contributed by atoms with Crippen molar-refractivity contribution in [1.82, 2.24) is 15.1 Å². The first kappa shape index (κ1) is 40.9. The maximum atomic E-state index is 14.6. The fourth-order valence-electron chi connectivity index (χ4n) is 4.45. The highest BCUT2D eigenvalue weighted by Crippen LogP contribution is 2.37. The summed E-state index contributed by atoms with van der Waals surface area (Å²) in [5.41, 5.74) is -2.75. The van der Waals surface area contributed by atoms with E-state index < -0.39 is 47.4 Å². The maximum absolute atomic E-state index is 14.6. The number of nitrogens with one attached hydrogen (secondary N) is 1. The van der Waals surface area contributed by atoms with E-state index in [0.29, 0.717) is 19.8 Å². The Kier molecular flexibility index (Phi) is 16.2. The number of carbonyl (C=O) groups excluding carboxylic acids is 3. The van der Waals surface area contributed by atoms with Gasteiger partial charge in [-0.2, -0.15) is 12.6 Å². The molecule has 6 N–H and O–H groups in total. The zero-order valence-electron chi connectivity index (χ0n) is 27.0. The van der Waals surface area contributed by atoms with Crippen molar-refractivity contribution < 1.29 is 53.8 Å². The molecule has 4 rings (SSSR count). The summed E-state index contributed by atoms with van der Waals surface area (Å²) in [7, 11) is 0. The number of imide groups is 1. The van der Waals surface area contributed by atoms with Crippen LogP contribution in [0.5, 0.6) is 0 Å². The molecule has 1 atom stereocenters. The van der Waals surface area contributed by atoms with Crippen molar-refractivity contribution in [2.45, 2.75) is 65.1 Å². The number of allylic oxidation sites excluding steroid dienone is 3. The molecule has 0 aromatic heterocycles. The van der Waals surface area contributed by atoms with Gasteiger partial charge in [0.25, 0.3) is 29.2 Å². The number of halogens is 1. The largest absolute Gasteiger partial charge is 0.489 e. The summed E-state index contributed by atoms with van der Waals surface area (Å²) < 4.78 is 25.7. The summed E-state index contributed by atoms with van der Waals surface area (Å²) in [6, 6.07) is 4.65. The lowest BCUT2D eigenvalue weighted by molar-refractivity contribution is -0.407. The molecular weight excluding hydrogens is 625 g/mol. The average molecular weight is 672 g/mol. The second kappa shape index (κ2) is 18.3. The third-order valence-electron chi connectivity index (χ3n) is 6.90. The Morgan fingerprint density at radius 1 is 1.00 bits per heavy atom. The molecule has 0 spiro atoms. The first-order valence-electron chi connectivity index (χ1n) is 14.8. The first-order chi connectivity index (χ1) is 21.8. The van der Waals surface area contributed by atoms with Crippen molar-refractivity contribution in [3.05, 3.63) is 70.8 Å². The highest BCUT2D eigenvalue weighted by molar-refractivity contribution is 7.79. The summed E-state index contributed by atoms with van der Waals surface area (Å²) >= 11 is 3.53. The number of carbonyl (C=O) groups is 3. The Hall–Kier alpha value is -3.15. The molecule has 0 bridgehead atoms. The number of aliphatic hydroxyl groups is 5. The molecule has 13 nitrogen and oxygen atoms in total. The van der Waals surface area contributed by atoms with E-state index in [2.05, 4.69) is 17.5 Å². The molecule has 0 radical (unpaired) electrons. The highest BCUT2D eigenvalue weighted by atomic mass is 32.1. The summed E-state index contributed by atoms with van der Waals surface area (Å²) in [5, 5.41) is 53.3. The fraction of sp³-hybridized carbons (Fsp3) is 0.516. The molecule has 15 heteroatoms.